The number of fused-ring (bicyclic) bond motifs is 1. The van der Waals surface area contributed by atoms with Gasteiger partial charge in [0.1, 0.15) is 5.58 Å². The smallest absolute Gasteiger partial charge is 0.287 e. The van der Waals surface area contributed by atoms with Crippen LogP contribution >= 0.6 is 23.1 Å². The minimum Gasteiger partial charge on any atom is -0.451 e. The summed E-state index contributed by atoms with van der Waals surface area (Å²) in [6.45, 7) is 2.14. The van der Waals surface area contributed by atoms with Gasteiger partial charge < -0.3 is 14.5 Å². The number of carbonyl (C=O) groups is 1. The van der Waals surface area contributed by atoms with Gasteiger partial charge in [-0.3, -0.25) is 4.79 Å². The molecule has 1 aliphatic rings. The molecule has 1 fully saturated rings. The van der Waals surface area contributed by atoms with Crippen LogP contribution in [0.25, 0.3) is 11.0 Å². The third kappa shape index (κ3) is 3.76. The van der Waals surface area contributed by atoms with Crippen molar-refractivity contribution in [3.8, 4) is 0 Å². The number of carbonyl (C=O) groups excluding carboxylic acids is 1. The van der Waals surface area contributed by atoms with Crippen LogP contribution in [0.4, 0.5) is 0 Å². The van der Waals surface area contributed by atoms with Gasteiger partial charge in [0.15, 0.2) is 5.76 Å². The number of thiophene rings is 1. The van der Waals surface area contributed by atoms with Gasteiger partial charge in [0.2, 0.25) is 0 Å². The lowest BCUT2D eigenvalue weighted by Crippen LogP contribution is -2.29. The fourth-order valence-corrected chi connectivity index (χ4v) is 4.79. The zero-order chi connectivity index (χ0) is 17.1. The zero-order valence-electron chi connectivity index (χ0n) is 13.7. The maximum atomic E-state index is 12.7. The van der Waals surface area contributed by atoms with Crippen LogP contribution in [0.3, 0.4) is 0 Å². The average Bonchev–Trinajstić information content (AvgIpc) is 3.38. The van der Waals surface area contributed by atoms with E-state index < -0.39 is 0 Å². The molecule has 1 amide bonds. The summed E-state index contributed by atoms with van der Waals surface area (Å²) in [5, 5.41) is 6.09. The van der Waals surface area contributed by atoms with Crippen molar-refractivity contribution in [3.05, 3.63) is 53.1 Å². The predicted octanol–water partition coefficient (Wildman–Crippen LogP) is 4.55. The Morgan fingerprint density at radius 1 is 1.28 bits per heavy atom. The molecule has 0 radical (unpaired) electrons. The number of hydrogen-bond donors (Lipinski definition) is 1. The van der Waals surface area contributed by atoms with Crippen molar-refractivity contribution < 1.29 is 13.9 Å². The van der Waals surface area contributed by atoms with Crippen LogP contribution in [0.1, 0.15) is 22.5 Å². The van der Waals surface area contributed by atoms with Crippen molar-refractivity contribution in [1.82, 2.24) is 5.32 Å². The number of para-hydroxylation sites is 1. The first-order chi connectivity index (χ1) is 12.3. The largest absolute Gasteiger partial charge is 0.451 e. The Balaban J connectivity index is 1.55. The molecule has 1 saturated heterocycles. The third-order valence-corrected chi connectivity index (χ3v) is 6.49. The fourth-order valence-electron chi connectivity index (χ4n) is 2.98. The second kappa shape index (κ2) is 7.64. The molecule has 25 heavy (non-hydrogen) atoms. The van der Waals surface area contributed by atoms with Crippen molar-refractivity contribution in [2.24, 2.45) is 5.92 Å². The molecular weight excluding hydrogens is 354 g/mol. The summed E-state index contributed by atoms with van der Waals surface area (Å²) in [7, 11) is 0. The van der Waals surface area contributed by atoms with E-state index in [-0.39, 0.29) is 5.91 Å². The fraction of sp³-hybridized carbons (Fsp3) is 0.316. The molecule has 1 N–H and O–H groups in total. The molecule has 0 unspecified atom stereocenters. The molecule has 0 saturated carbocycles. The first-order valence-corrected chi connectivity index (χ1v) is 10.2. The summed E-state index contributed by atoms with van der Waals surface area (Å²) in [6.07, 6.45) is 1.00. The highest BCUT2D eigenvalue weighted by atomic mass is 32.2. The van der Waals surface area contributed by atoms with Crippen molar-refractivity contribution in [3.63, 3.8) is 0 Å². The van der Waals surface area contributed by atoms with Crippen LogP contribution in [0.5, 0.6) is 0 Å². The van der Waals surface area contributed by atoms with Crippen molar-refractivity contribution in [2.75, 3.05) is 19.8 Å². The van der Waals surface area contributed by atoms with Gasteiger partial charge in [0.05, 0.1) is 10.8 Å². The van der Waals surface area contributed by atoms with Gasteiger partial charge >= 0.3 is 0 Å². The van der Waals surface area contributed by atoms with Gasteiger partial charge in [-0.15, -0.1) is 23.1 Å². The van der Waals surface area contributed by atoms with E-state index in [2.05, 4.69) is 16.8 Å². The Bertz CT molecular complexity index is 851. The Morgan fingerprint density at radius 3 is 3.00 bits per heavy atom. The SMILES string of the molecule is O=C(NC[C@H]1CCOC1)c1oc2ccccc2c1CSc1cccs1. The van der Waals surface area contributed by atoms with Crippen LogP contribution in [0.15, 0.2) is 50.4 Å². The molecule has 1 atom stereocenters. The van der Waals surface area contributed by atoms with Crippen LogP contribution in [-0.4, -0.2) is 25.7 Å². The summed E-state index contributed by atoms with van der Waals surface area (Å²) < 4.78 is 12.5. The quantitative estimate of drug-likeness (QED) is 0.644. The van der Waals surface area contributed by atoms with E-state index in [0.29, 0.717) is 24.0 Å². The van der Waals surface area contributed by atoms with E-state index in [9.17, 15) is 4.79 Å². The lowest BCUT2D eigenvalue weighted by molar-refractivity contribution is 0.0918. The highest BCUT2D eigenvalue weighted by Gasteiger charge is 2.22. The number of amides is 1. The normalized spacial score (nSPS) is 17.2. The monoisotopic (exact) mass is 373 g/mol. The molecule has 3 heterocycles. The molecule has 2 aromatic heterocycles. The number of rotatable bonds is 6. The Morgan fingerprint density at radius 2 is 2.20 bits per heavy atom. The maximum Gasteiger partial charge on any atom is 0.287 e. The number of nitrogens with one attached hydrogen (secondary N) is 1. The second-order valence-corrected chi connectivity index (χ2v) is 8.29. The van der Waals surface area contributed by atoms with E-state index in [1.54, 1.807) is 23.1 Å². The first-order valence-electron chi connectivity index (χ1n) is 8.34. The molecule has 4 rings (SSSR count). The predicted molar refractivity (Wildman–Crippen MR) is 101 cm³/mol. The molecule has 1 aliphatic heterocycles. The number of hydrogen-bond acceptors (Lipinski definition) is 5. The minimum absolute atomic E-state index is 0.134. The van der Waals surface area contributed by atoms with Gasteiger partial charge in [-0.05, 0) is 23.9 Å². The molecule has 130 valence electrons. The lowest BCUT2D eigenvalue weighted by Gasteiger charge is -2.09. The second-order valence-electron chi connectivity index (χ2n) is 6.07. The molecule has 1 aromatic carbocycles. The Hall–Kier alpha value is -1.76. The standard InChI is InChI=1S/C19H19NO3S2/c21-19(20-10-13-7-8-22-11-13)18-15(12-25-17-6-3-9-24-17)14-4-1-2-5-16(14)23-18/h1-6,9,13H,7-8,10-12H2,(H,20,21)/t13-/m1/s1. The van der Waals surface area contributed by atoms with Gasteiger partial charge in [-0.2, -0.15) is 0 Å². The number of ether oxygens (including phenoxy) is 1. The molecule has 0 bridgehead atoms. The number of furan rings is 1. The van der Waals surface area contributed by atoms with Gasteiger partial charge in [-0.1, -0.05) is 24.3 Å². The van der Waals surface area contributed by atoms with Crippen molar-refractivity contribution >= 4 is 40.0 Å². The minimum atomic E-state index is -0.134. The Kier molecular flexibility index (Phi) is 5.10. The lowest BCUT2D eigenvalue weighted by atomic mass is 10.1. The summed E-state index contributed by atoms with van der Waals surface area (Å²) in [5.41, 5.74) is 1.73. The highest BCUT2D eigenvalue weighted by Crippen LogP contribution is 2.33. The number of thioether (sulfide) groups is 1. The van der Waals surface area contributed by atoms with Gasteiger partial charge in [0.25, 0.3) is 5.91 Å². The van der Waals surface area contributed by atoms with E-state index in [4.69, 9.17) is 9.15 Å². The Labute approximate surface area is 154 Å². The molecule has 6 heteroatoms. The summed E-state index contributed by atoms with van der Waals surface area (Å²) >= 11 is 3.44. The molecule has 0 spiro atoms. The van der Waals surface area contributed by atoms with E-state index >= 15 is 0 Å². The van der Waals surface area contributed by atoms with Gasteiger partial charge in [0, 0.05) is 35.8 Å². The maximum absolute atomic E-state index is 12.7. The summed E-state index contributed by atoms with van der Waals surface area (Å²) in [5.74, 6) is 1.42. The van der Waals surface area contributed by atoms with Crippen LogP contribution in [0.2, 0.25) is 0 Å². The van der Waals surface area contributed by atoms with Crippen molar-refractivity contribution in [2.45, 2.75) is 16.4 Å². The van der Waals surface area contributed by atoms with Crippen LogP contribution in [-0.2, 0) is 10.5 Å². The first kappa shape index (κ1) is 16.7. The van der Waals surface area contributed by atoms with E-state index in [1.165, 1.54) is 4.21 Å². The average molecular weight is 373 g/mol. The van der Waals surface area contributed by atoms with Gasteiger partial charge in [-0.25, -0.2) is 0 Å². The summed E-state index contributed by atoms with van der Waals surface area (Å²) in [4.78, 5) is 12.7. The summed E-state index contributed by atoms with van der Waals surface area (Å²) in [6, 6.07) is 12.0. The topological polar surface area (TPSA) is 51.5 Å². The molecule has 0 aliphatic carbocycles. The molecular formula is C19H19NO3S2. The van der Waals surface area contributed by atoms with Crippen LogP contribution in [0, 0.1) is 5.92 Å². The molecule has 4 nitrogen and oxygen atoms in total. The highest BCUT2D eigenvalue weighted by molar-refractivity contribution is 8.00. The number of benzene rings is 1. The van der Waals surface area contributed by atoms with E-state index in [0.717, 1.165) is 36.2 Å². The molecule has 3 aromatic rings. The van der Waals surface area contributed by atoms with E-state index in [1.807, 2.05) is 30.3 Å². The van der Waals surface area contributed by atoms with Crippen molar-refractivity contribution in [1.29, 1.82) is 0 Å². The van der Waals surface area contributed by atoms with Crippen LogP contribution < -0.4 is 5.32 Å². The third-order valence-electron chi connectivity index (χ3n) is 4.33. The zero-order valence-corrected chi connectivity index (χ0v) is 15.3.